The van der Waals surface area contributed by atoms with Gasteiger partial charge in [0.25, 0.3) is 0 Å². The molecule has 2 aromatic rings. The van der Waals surface area contributed by atoms with Crippen LogP contribution in [0.25, 0.3) is 0 Å². The third-order valence-electron chi connectivity index (χ3n) is 2.45. The first kappa shape index (κ1) is 12.2. The maximum atomic E-state index is 5.98. The van der Waals surface area contributed by atoms with Gasteiger partial charge in [0.15, 0.2) is 5.22 Å². The molecule has 0 saturated carbocycles. The third-order valence-corrected chi connectivity index (χ3v) is 4.71. The van der Waals surface area contributed by atoms with Gasteiger partial charge in [-0.25, -0.2) is 0 Å². The maximum Gasteiger partial charge on any atom is 0.197 e. The second-order valence-corrected chi connectivity index (χ2v) is 5.59. The summed E-state index contributed by atoms with van der Waals surface area (Å²) in [6, 6.07) is 4.15. The Labute approximate surface area is 112 Å². The van der Waals surface area contributed by atoms with Crippen LogP contribution in [-0.4, -0.2) is 7.05 Å². The van der Waals surface area contributed by atoms with Crippen molar-refractivity contribution >= 4 is 38.9 Å². The number of thiophene rings is 1. The van der Waals surface area contributed by atoms with Gasteiger partial charge < -0.3 is 9.73 Å². The van der Waals surface area contributed by atoms with E-state index in [2.05, 4.69) is 32.7 Å². The zero-order valence-corrected chi connectivity index (χ0v) is 11.8. The van der Waals surface area contributed by atoms with E-state index in [0.29, 0.717) is 5.22 Å². The smallest absolute Gasteiger partial charge is 0.197 e. The van der Waals surface area contributed by atoms with E-state index in [1.807, 2.05) is 13.1 Å². The molecule has 0 aromatic carbocycles. The van der Waals surface area contributed by atoms with Crippen molar-refractivity contribution in [3.63, 3.8) is 0 Å². The SMILES string of the molecule is CNC(Cc1sccc1Br)c1ccoc1Cl. The monoisotopic (exact) mass is 319 g/mol. The molecule has 1 unspecified atom stereocenters. The van der Waals surface area contributed by atoms with Gasteiger partial charge >= 0.3 is 0 Å². The summed E-state index contributed by atoms with van der Waals surface area (Å²) < 4.78 is 6.26. The fourth-order valence-corrected chi connectivity index (χ4v) is 3.38. The lowest BCUT2D eigenvalue weighted by Gasteiger charge is -2.14. The molecule has 1 atom stereocenters. The molecule has 2 aromatic heterocycles. The highest BCUT2D eigenvalue weighted by molar-refractivity contribution is 9.10. The fraction of sp³-hybridized carbons (Fsp3) is 0.273. The molecule has 0 aliphatic heterocycles. The summed E-state index contributed by atoms with van der Waals surface area (Å²) in [6.45, 7) is 0. The molecule has 0 spiro atoms. The normalized spacial score (nSPS) is 12.9. The summed E-state index contributed by atoms with van der Waals surface area (Å²) in [5, 5.41) is 5.79. The van der Waals surface area contributed by atoms with Crippen LogP contribution < -0.4 is 5.32 Å². The molecule has 0 amide bonds. The van der Waals surface area contributed by atoms with Crippen molar-refractivity contribution in [2.75, 3.05) is 7.05 Å². The maximum absolute atomic E-state index is 5.98. The fourth-order valence-electron chi connectivity index (χ4n) is 1.58. The molecule has 16 heavy (non-hydrogen) atoms. The molecule has 0 aliphatic carbocycles. The van der Waals surface area contributed by atoms with Crippen LogP contribution in [0.1, 0.15) is 16.5 Å². The van der Waals surface area contributed by atoms with Gasteiger partial charge in [-0.1, -0.05) is 0 Å². The second kappa shape index (κ2) is 5.36. The zero-order chi connectivity index (χ0) is 11.5. The van der Waals surface area contributed by atoms with Crippen LogP contribution in [0.4, 0.5) is 0 Å². The Hall–Kier alpha value is -0.290. The lowest BCUT2D eigenvalue weighted by atomic mass is 10.1. The molecule has 0 aliphatic rings. The van der Waals surface area contributed by atoms with Crippen LogP contribution >= 0.6 is 38.9 Å². The van der Waals surface area contributed by atoms with Crippen LogP contribution in [0.5, 0.6) is 0 Å². The quantitative estimate of drug-likeness (QED) is 0.910. The number of furan rings is 1. The van der Waals surface area contributed by atoms with E-state index in [4.69, 9.17) is 16.0 Å². The van der Waals surface area contributed by atoms with Crippen LogP contribution in [0.3, 0.4) is 0 Å². The summed E-state index contributed by atoms with van der Waals surface area (Å²) in [5.41, 5.74) is 1.00. The summed E-state index contributed by atoms with van der Waals surface area (Å²) >= 11 is 11.2. The Balaban J connectivity index is 2.19. The number of hydrogen-bond acceptors (Lipinski definition) is 3. The summed E-state index contributed by atoms with van der Waals surface area (Å²) in [5.74, 6) is 0. The Kier molecular flexibility index (Phi) is 4.08. The van der Waals surface area contributed by atoms with Crippen molar-refractivity contribution in [2.45, 2.75) is 12.5 Å². The van der Waals surface area contributed by atoms with Crippen LogP contribution in [0.15, 0.2) is 32.7 Å². The molecule has 0 radical (unpaired) electrons. The first-order valence-corrected chi connectivity index (χ1v) is 6.89. The van der Waals surface area contributed by atoms with Crippen molar-refractivity contribution in [3.8, 4) is 0 Å². The topological polar surface area (TPSA) is 25.2 Å². The lowest BCUT2D eigenvalue weighted by Crippen LogP contribution is -2.18. The number of nitrogens with one attached hydrogen (secondary N) is 1. The molecule has 2 nitrogen and oxygen atoms in total. The molecule has 5 heteroatoms. The van der Waals surface area contributed by atoms with E-state index in [9.17, 15) is 0 Å². The highest BCUT2D eigenvalue weighted by Gasteiger charge is 2.17. The van der Waals surface area contributed by atoms with Gasteiger partial charge in [0.05, 0.1) is 6.26 Å². The summed E-state index contributed by atoms with van der Waals surface area (Å²) in [6.07, 6.45) is 2.51. The number of halogens is 2. The minimum atomic E-state index is 0.182. The van der Waals surface area contributed by atoms with Crippen molar-refractivity contribution < 1.29 is 4.42 Å². The summed E-state index contributed by atoms with van der Waals surface area (Å²) in [7, 11) is 1.93. The standard InChI is InChI=1S/C11H11BrClNOS/c1-14-9(7-2-4-15-11(7)13)6-10-8(12)3-5-16-10/h2-5,9,14H,6H2,1H3. The molecule has 2 heterocycles. The average Bonchev–Trinajstić information content (AvgIpc) is 2.85. The van der Waals surface area contributed by atoms with Crippen LogP contribution in [-0.2, 0) is 6.42 Å². The number of hydrogen-bond donors (Lipinski definition) is 1. The van der Waals surface area contributed by atoms with E-state index in [-0.39, 0.29) is 6.04 Å². The van der Waals surface area contributed by atoms with Gasteiger partial charge in [0.1, 0.15) is 0 Å². The minimum absolute atomic E-state index is 0.182. The first-order chi connectivity index (χ1) is 7.72. The lowest BCUT2D eigenvalue weighted by molar-refractivity contribution is 0.545. The predicted octanol–water partition coefficient (Wildman–Crippen LogP) is 4.26. The van der Waals surface area contributed by atoms with Crippen molar-refractivity contribution in [1.82, 2.24) is 5.32 Å². The van der Waals surface area contributed by atoms with E-state index >= 15 is 0 Å². The number of rotatable bonds is 4. The average molecular weight is 321 g/mol. The third kappa shape index (κ3) is 2.51. The first-order valence-electron chi connectivity index (χ1n) is 4.84. The molecule has 0 bridgehead atoms. The Morgan fingerprint density at radius 1 is 1.56 bits per heavy atom. The van der Waals surface area contributed by atoms with Crippen molar-refractivity contribution in [2.24, 2.45) is 0 Å². The van der Waals surface area contributed by atoms with Gasteiger partial charge in [-0.2, -0.15) is 0 Å². The highest BCUT2D eigenvalue weighted by Crippen LogP contribution is 2.31. The van der Waals surface area contributed by atoms with Gasteiger partial charge in [-0.3, -0.25) is 0 Å². The molecule has 86 valence electrons. The van der Waals surface area contributed by atoms with E-state index in [0.717, 1.165) is 16.5 Å². The highest BCUT2D eigenvalue weighted by atomic mass is 79.9. The zero-order valence-electron chi connectivity index (χ0n) is 8.67. The molecule has 2 rings (SSSR count). The largest absolute Gasteiger partial charge is 0.453 e. The molecule has 0 saturated heterocycles. The van der Waals surface area contributed by atoms with E-state index in [1.165, 1.54) is 4.88 Å². The molecule has 0 fully saturated rings. The Morgan fingerprint density at radius 3 is 2.88 bits per heavy atom. The van der Waals surface area contributed by atoms with E-state index in [1.54, 1.807) is 17.6 Å². The van der Waals surface area contributed by atoms with E-state index < -0.39 is 0 Å². The number of likely N-dealkylation sites (N-methyl/N-ethyl adjacent to an activating group) is 1. The van der Waals surface area contributed by atoms with Gasteiger partial charge in [-0.15, -0.1) is 11.3 Å². The van der Waals surface area contributed by atoms with Crippen molar-refractivity contribution in [1.29, 1.82) is 0 Å². The van der Waals surface area contributed by atoms with Crippen molar-refractivity contribution in [3.05, 3.63) is 43.9 Å². The molecular weight excluding hydrogens is 310 g/mol. The van der Waals surface area contributed by atoms with Gasteiger partial charge in [0.2, 0.25) is 0 Å². The predicted molar refractivity (Wildman–Crippen MR) is 71.2 cm³/mol. The minimum Gasteiger partial charge on any atom is -0.453 e. The summed E-state index contributed by atoms with van der Waals surface area (Å²) in [4.78, 5) is 1.30. The molecule has 1 N–H and O–H groups in total. The van der Waals surface area contributed by atoms with Gasteiger partial charge in [0, 0.05) is 27.4 Å². The Bertz CT molecular complexity index is 468. The second-order valence-electron chi connectivity index (χ2n) is 3.39. The van der Waals surface area contributed by atoms with Crippen LogP contribution in [0.2, 0.25) is 5.22 Å². The van der Waals surface area contributed by atoms with Gasteiger partial charge in [-0.05, 0) is 52.1 Å². The Morgan fingerprint density at radius 2 is 2.38 bits per heavy atom. The van der Waals surface area contributed by atoms with Crippen LogP contribution in [0, 0.1) is 0 Å². The molecular formula is C11H11BrClNOS.